The highest BCUT2D eigenvalue weighted by Gasteiger charge is 2.11. The van der Waals surface area contributed by atoms with Gasteiger partial charge in [-0.1, -0.05) is 26.7 Å². The second-order valence-electron chi connectivity index (χ2n) is 4.09. The van der Waals surface area contributed by atoms with Crippen molar-refractivity contribution in [2.24, 2.45) is 0 Å². The molecular weight excluding hydrogens is 153 g/mol. The topological polar surface area (TPSA) is 0 Å². The van der Waals surface area contributed by atoms with Crippen molar-refractivity contribution in [3.8, 4) is 0 Å². The van der Waals surface area contributed by atoms with Crippen LogP contribution < -0.4 is 4.70 Å². The zero-order valence-corrected chi connectivity index (χ0v) is 9.07. The van der Waals surface area contributed by atoms with Gasteiger partial charge in [-0.25, -0.2) is 0 Å². The molecule has 1 nitrogen and oxygen atoms in total. The van der Waals surface area contributed by atoms with Gasteiger partial charge in [-0.2, -0.15) is 0 Å². The smallest absolute Gasteiger partial charge is 0.0782 e. The zero-order chi connectivity index (χ0) is 8.74. The summed E-state index contributed by atoms with van der Waals surface area (Å²) in [6, 6.07) is 0. The molecule has 0 amide bonds. The van der Waals surface area contributed by atoms with E-state index in [4.69, 9.17) is 0 Å². The lowest BCUT2D eigenvalue weighted by molar-refractivity contribution is -0.890. The normalized spacial score (nSPS) is 11.0. The van der Waals surface area contributed by atoms with Crippen LogP contribution in [0, 0.1) is 0 Å². The van der Waals surface area contributed by atoms with Crippen LogP contribution in [0.4, 0.5) is 0 Å². The summed E-state index contributed by atoms with van der Waals surface area (Å²) in [6.45, 7) is 7.21. The van der Waals surface area contributed by atoms with Gasteiger partial charge in [0.15, 0.2) is 0 Å². The minimum absolute atomic E-state index is 0. The van der Waals surface area contributed by atoms with E-state index in [0.717, 1.165) is 0 Å². The maximum absolute atomic E-state index is 2.34. The molecular formula is C10H24FN. The molecule has 0 heterocycles. The monoisotopic (exact) mass is 177 g/mol. The summed E-state index contributed by atoms with van der Waals surface area (Å²) < 4.78 is 1.21. The third-order valence-corrected chi connectivity index (χ3v) is 2.23. The van der Waals surface area contributed by atoms with Gasteiger partial charge in [0.05, 0.1) is 27.2 Å². The fourth-order valence-corrected chi connectivity index (χ4v) is 1.28. The van der Waals surface area contributed by atoms with Crippen molar-refractivity contribution in [1.82, 2.24) is 0 Å². The quantitative estimate of drug-likeness (QED) is 0.487. The largest absolute Gasteiger partial charge is 1.00 e. The Morgan fingerprint density at radius 3 is 1.42 bits per heavy atom. The SMILES string of the molecule is CCCC[N+](C)(C)CCCC.[F-]. The maximum Gasteiger partial charge on any atom is 0.0782 e. The highest BCUT2D eigenvalue weighted by molar-refractivity contribution is 4.37. The number of halogens is 1. The van der Waals surface area contributed by atoms with E-state index in [-0.39, 0.29) is 4.70 Å². The first kappa shape index (κ1) is 14.4. The van der Waals surface area contributed by atoms with Gasteiger partial charge < -0.3 is 9.19 Å². The molecule has 0 aromatic carbocycles. The number of nitrogens with zero attached hydrogens (tertiary/aromatic N) is 1. The van der Waals surface area contributed by atoms with Crippen LogP contribution in [-0.2, 0) is 0 Å². The standard InChI is InChI=1S/C10H24N.FH/c1-5-7-9-11(3,4)10-8-6-2;/h5-10H2,1-4H3;1H/q+1;/p-1. The van der Waals surface area contributed by atoms with Gasteiger partial charge in [0, 0.05) is 0 Å². The highest BCUT2D eigenvalue weighted by atomic mass is 19.0. The van der Waals surface area contributed by atoms with E-state index in [1.54, 1.807) is 0 Å². The first-order valence-corrected chi connectivity index (χ1v) is 4.94. The van der Waals surface area contributed by atoms with Crippen LogP contribution in [0.25, 0.3) is 0 Å². The van der Waals surface area contributed by atoms with E-state index in [0.29, 0.717) is 0 Å². The summed E-state index contributed by atoms with van der Waals surface area (Å²) in [5, 5.41) is 0. The number of quaternary nitrogens is 1. The summed E-state index contributed by atoms with van der Waals surface area (Å²) in [5.74, 6) is 0. The van der Waals surface area contributed by atoms with Crippen molar-refractivity contribution in [2.75, 3.05) is 27.2 Å². The van der Waals surface area contributed by atoms with Gasteiger partial charge >= 0.3 is 0 Å². The molecule has 2 heteroatoms. The van der Waals surface area contributed by atoms with E-state index >= 15 is 0 Å². The first-order chi connectivity index (χ1) is 5.12. The summed E-state index contributed by atoms with van der Waals surface area (Å²) in [5.41, 5.74) is 0. The van der Waals surface area contributed by atoms with E-state index < -0.39 is 0 Å². The van der Waals surface area contributed by atoms with Crippen molar-refractivity contribution in [3.63, 3.8) is 0 Å². The Morgan fingerprint density at radius 2 is 1.17 bits per heavy atom. The van der Waals surface area contributed by atoms with Crippen molar-refractivity contribution < 1.29 is 9.19 Å². The Kier molecular flexibility index (Phi) is 9.05. The molecule has 0 bridgehead atoms. The molecule has 0 saturated heterocycles. The fourth-order valence-electron chi connectivity index (χ4n) is 1.28. The van der Waals surface area contributed by atoms with E-state index in [9.17, 15) is 0 Å². The Labute approximate surface area is 76.7 Å². The molecule has 0 aromatic rings. The molecule has 0 unspecified atom stereocenters. The van der Waals surface area contributed by atoms with Crippen molar-refractivity contribution in [1.29, 1.82) is 0 Å². The Morgan fingerprint density at radius 1 is 0.833 bits per heavy atom. The van der Waals surface area contributed by atoms with E-state index in [1.165, 1.54) is 43.3 Å². The number of hydrogen-bond acceptors (Lipinski definition) is 0. The van der Waals surface area contributed by atoms with E-state index in [1.807, 2.05) is 0 Å². The average Bonchev–Trinajstić information content (AvgIpc) is 1.97. The van der Waals surface area contributed by atoms with Crippen LogP contribution in [0.15, 0.2) is 0 Å². The molecule has 0 aliphatic heterocycles. The average molecular weight is 177 g/mol. The van der Waals surface area contributed by atoms with Crippen molar-refractivity contribution >= 4 is 0 Å². The van der Waals surface area contributed by atoms with Crippen molar-refractivity contribution in [3.05, 3.63) is 0 Å². The van der Waals surface area contributed by atoms with Gasteiger partial charge in [0.2, 0.25) is 0 Å². The first-order valence-electron chi connectivity index (χ1n) is 4.94. The maximum atomic E-state index is 2.34. The predicted octanol–water partition coefficient (Wildman–Crippen LogP) is -0.333. The molecule has 0 fully saturated rings. The molecule has 76 valence electrons. The second-order valence-corrected chi connectivity index (χ2v) is 4.09. The van der Waals surface area contributed by atoms with Gasteiger partial charge in [-0.15, -0.1) is 0 Å². The fraction of sp³-hybridized carbons (Fsp3) is 1.00. The van der Waals surface area contributed by atoms with Gasteiger partial charge in [0.1, 0.15) is 0 Å². The Bertz CT molecular complexity index is 81.8. The molecule has 0 aliphatic carbocycles. The lowest BCUT2D eigenvalue weighted by Crippen LogP contribution is -3.00. The summed E-state index contributed by atoms with van der Waals surface area (Å²) in [4.78, 5) is 0. The minimum Gasteiger partial charge on any atom is -1.00 e. The molecule has 0 atom stereocenters. The predicted molar refractivity (Wildman–Crippen MR) is 51.7 cm³/mol. The third kappa shape index (κ3) is 7.99. The van der Waals surface area contributed by atoms with E-state index in [2.05, 4.69) is 27.9 Å². The van der Waals surface area contributed by atoms with Gasteiger partial charge in [-0.3, -0.25) is 0 Å². The zero-order valence-electron chi connectivity index (χ0n) is 9.07. The van der Waals surface area contributed by atoms with Crippen LogP contribution in [0.1, 0.15) is 39.5 Å². The van der Waals surface area contributed by atoms with Crippen LogP contribution in [-0.4, -0.2) is 31.7 Å². The molecule has 0 radical (unpaired) electrons. The number of unbranched alkanes of at least 4 members (excludes halogenated alkanes) is 2. The molecule has 0 saturated carbocycles. The molecule has 0 aromatic heterocycles. The summed E-state index contributed by atoms with van der Waals surface area (Å²) in [7, 11) is 4.68. The van der Waals surface area contributed by atoms with Crippen LogP contribution in [0.5, 0.6) is 0 Å². The lowest BCUT2D eigenvalue weighted by Gasteiger charge is -2.29. The third-order valence-electron chi connectivity index (χ3n) is 2.23. The molecule has 0 aliphatic rings. The van der Waals surface area contributed by atoms with Gasteiger partial charge in [0.25, 0.3) is 0 Å². The number of hydrogen-bond donors (Lipinski definition) is 0. The molecule has 12 heavy (non-hydrogen) atoms. The molecule has 0 spiro atoms. The Balaban J connectivity index is 0. The second kappa shape index (κ2) is 7.53. The van der Waals surface area contributed by atoms with Crippen LogP contribution in [0.3, 0.4) is 0 Å². The van der Waals surface area contributed by atoms with Crippen LogP contribution in [0.2, 0.25) is 0 Å². The summed E-state index contributed by atoms with van der Waals surface area (Å²) in [6.07, 6.45) is 5.40. The minimum atomic E-state index is 0. The number of rotatable bonds is 6. The van der Waals surface area contributed by atoms with Crippen LogP contribution >= 0.6 is 0 Å². The summed E-state index contributed by atoms with van der Waals surface area (Å²) >= 11 is 0. The molecule has 0 rings (SSSR count). The van der Waals surface area contributed by atoms with Crippen molar-refractivity contribution in [2.45, 2.75) is 39.5 Å². The molecule has 0 N–H and O–H groups in total. The highest BCUT2D eigenvalue weighted by Crippen LogP contribution is 2.03. The lowest BCUT2D eigenvalue weighted by atomic mass is 10.2. The Hall–Kier alpha value is -0.110. The van der Waals surface area contributed by atoms with Gasteiger partial charge in [-0.05, 0) is 12.8 Å².